The van der Waals surface area contributed by atoms with Crippen molar-refractivity contribution in [2.45, 2.75) is 19.8 Å². The number of hydrogen-bond acceptors (Lipinski definition) is 4. The van der Waals surface area contributed by atoms with Crippen molar-refractivity contribution in [1.29, 1.82) is 0 Å². The largest absolute Gasteiger partial charge is 0.466 e. The minimum absolute atomic E-state index is 0.192. The molecule has 1 rings (SSSR count). The van der Waals surface area contributed by atoms with E-state index < -0.39 is 10.2 Å². The number of ether oxygens (including phenoxy) is 1. The van der Waals surface area contributed by atoms with E-state index in [9.17, 15) is 13.2 Å². The van der Waals surface area contributed by atoms with Crippen LogP contribution in [0.2, 0.25) is 0 Å². The lowest BCUT2D eigenvalue weighted by atomic mass is 9.98. The Morgan fingerprint density at radius 2 is 2.00 bits per heavy atom. The molecule has 0 aromatic carbocycles. The summed E-state index contributed by atoms with van der Waals surface area (Å²) < 4.78 is 28.0. The number of rotatable bonds is 3. The number of nitrogens with zero attached hydrogens (tertiary/aromatic N) is 1. The zero-order valence-corrected chi connectivity index (χ0v) is 9.50. The molecular formula is C8H16N2O4S. The first-order chi connectivity index (χ1) is 6.95. The topological polar surface area (TPSA) is 89.7 Å². The Labute approximate surface area is 89.6 Å². The summed E-state index contributed by atoms with van der Waals surface area (Å²) in [7, 11) is -3.61. The molecule has 1 heterocycles. The van der Waals surface area contributed by atoms with Crippen LogP contribution in [-0.2, 0) is 19.7 Å². The van der Waals surface area contributed by atoms with Crippen molar-refractivity contribution >= 4 is 16.2 Å². The van der Waals surface area contributed by atoms with Gasteiger partial charge in [-0.15, -0.1) is 0 Å². The van der Waals surface area contributed by atoms with Crippen LogP contribution in [0.1, 0.15) is 19.8 Å². The first-order valence-electron chi connectivity index (χ1n) is 4.89. The second kappa shape index (κ2) is 4.91. The van der Waals surface area contributed by atoms with Crippen LogP contribution >= 0.6 is 0 Å². The van der Waals surface area contributed by atoms with Gasteiger partial charge in [0.2, 0.25) is 0 Å². The number of hydrogen-bond donors (Lipinski definition) is 1. The molecule has 6 nitrogen and oxygen atoms in total. The third kappa shape index (κ3) is 3.44. The van der Waals surface area contributed by atoms with E-state index in [-0.39, 0.29) is 11.9 Å². The van der Waals surface area contributed by atoms with Crippen molar-refractivity contribution < 1.29 is 17.9 Å². The maximum absolute atomic E-state index is 11.3. The van der Waals surface area contributed by atoms with Gasteiger partial charge in [-0.05, 0) is 19.8 Å². The van der Waals surface area contributed by atoms with Crippen LogP contribution in [-0.4, -0.2) is 38.4 Å². The summed E-state index contributed by atoms with van der Waals surface area (Å²) >= 11 is 0. The number of piperidine rings is 1. The third-order valence-electron chi connectivity index (χ3n) is 2.43. The van der Waals surface area contributed by atoms with Crippen molar-refractivity contribution in [3.8, 4) is 0 Å². The van der Waals surface area contributed by atoms with Crippen molar-refractivity contribution in [3.05, 3.63) is 0 Å². The second-order valence-corrected chi connectivity index (χ2v) is 5.02. The van der Waals surface area contributed by atoms with E-state index in [0.29, 0.717) is 32.5 Å². The molecular weight excluding hydrogens is 220 g/mol. The van der Waals surface area contributed by atoms with Gasteiger partial charge >= 0.3 is 5.97 Å². The lowest BCUT2D eigenvalue weighted by Gasteiger charge is -2.28. The maximum Gasteiger partial charge on any atom is 0.309 e. The summed E-state index contributed by atoms with van der Waals surface area (Å²) in [6, 6.07) is 0. The smallest absolute Gasteiger partial charge is 0.309 e. The van der Waals surface area contributed by atoms with Crippen molar-refractivity contribution in [1.82, 2.24) is 4.31 Å². The highest BCUT2D eigenvalue weighted by Gasteiger charge is 2.29. The summed E-state index contributed by atoms with van der Waals surface area (Å²) in [5, 5.41) is 4.97. The Morgan fingerprint density at radius 3 is 2.40 bits per heavy atom. The Kier molecular flexibility index (Phi) is 4.06. The molecule has 15 heavy (non-hydrogen) atoms. The molecule has 0 atom stereocenters. The molecule has 88 valence electrons. The molecule has 0 amide bonds. The molecule has 2 N–H and O–H groups in total. The van der Waals surface area contributed by atoms with Crippen LogP contribution in [0.3, 0.4) is 0 Å². The summed E-state index contributed by atoms with van der Waals surface area (Å²) in [6.45, 7) is 2.69. The van der Waals surface area contributed by atoms with Crippen molar-refractivity contribution in [2.75, 3.05) is 19.7 Å². The van der Waals surface area contributed by atoms with Crippen LogP contribution in [0.5, 0.6) is 0 Å². The van der Waals surface area contributed by atoms with Gasteiger partial charge in [0.15, 0.2) is 0 Å². The number of carbonyl (C=O) groups is 1. The molecule has 7 heteroatoms. The highest BCUT2D eigenvalue weighted by atomic mass is 32.2. The van der Waals surface area contributed by atoms with Gasteiger partial charge in [-0.25, -0.2) is 5.14 Å². The molecule has 1 fully saturated rings. The quantitative estimate of drug-likeness (QED) is 0.667. The van der Waals surface area contributed by atoms with E-state index in [2.05, 4.69) is 0 Å². The fraction of sp³-hybridized carbons (Fsp3) is 0.875. The first-order valence-corrected chi connectivity index (χ1v) is 6.40. The van der Waals surface area contributed by atoms with E-state index in [1.54, 1.807) is 6.92 Å². The fourth-order valence-electron chi connectivity index (χ4n) is 1.61. The Balaban J connectivity index is 2.46. The Bertz CT molecular complexity index is 320. The molecule has 0 aromatic rings. The fourth-order valence-corrected chi connectivity index (χ4v) is 2.33. The van der Waals surface area contributed by atoms with Gasteiger partial charge in [-0.2, -0.15) is 12.7 Å². The predicted octanol–water partition coefficient (Wildman–Crippen LogP) is -0.535. The van der Waals surface area contributed by atoms with Gasteiger partial charge in [-0.3, -0.25) is 4.79 Å². The summed E-state index contributed by atoms with van der Waals surface area (Å²) in [5.41, 5.74) is 0. The van der Waals surface area contributed by atoms with Crippen LogP contribution < -0.4 is 5.14 Å². The minimum Gasteiger partial charge on any atom is -0.466 e. The SMILES string of the molecule is CCOC(=O)C1CCN(S(N)(=O)=O)CC1. The van der Waals surface area contributed by atoms with E-state index in [1.165, 1.54) is 4.31 Å². The number of nitrogens with two attached hydrogens (primary N) is 1. The predicted molar refractivity (Wildman–Crippen MR) is 54.0 cm³/mol. The van der Waals surface area contributed by atoms with Crippen molar-refractivity contribution in [3.63, 3.8) is 0 Å². The Morgan fingerprint density at radius 1 is 1.47 bits per heavy atom. The molecule has 1 aliphatic rings. The summed E-state index contributed by atoms with van der Waals surface area (Å²) in [4.78, 5) is 11.3. The van der Waals surface area contributed by atoms with E-state index >= 15 is 0 Å². The van der Waals surface area contributed by atoms with E-state index in [0.717, 1.165) is 0 Å². The second-order valence-electron chi connectivity index (χ2n) is 3.47. The average Bonchev–Trinajstić information content (AvgIpc) is 2.17. The molecule has 0 saturated carbocycles. The average molecular weight is 236 g/mol. The standard InChI is InChI=1S/C8H16N2O4S/c1-2-14-8(11)7-3-5-10(6-4-7)15(9,12)13/h7H,2-6H2,1H3,(H2,9,12,13). The molecule has 0 aliphatic carbocycles. The molecule has 0 unspecified atom stereocenters. The lowest BCUT2D eigenvalue weighted by Crippen LogP contribution is -2.43. The zero-order valence-electron chi connectivity index (χ0n) is 8.68. The Hall–Kier alpha value is -0.660. The molecule has 0 aromatic heterocycles. The molecule has 0 bridgehead atoms. The lowest BCUT2D eigenvalue weighted by molar-refractivity contribution is -0.149. The van der Waals surface area contributed by atoms with Crippen LogP contribution in [0, 0.1) is 5.92 Å². The van der Waals surface area contributed by atoms with Crippen LogP contribution in [0.15, 0.2) is 0 Å². The minimum atomic E-state index is -3.61. The highest BCUT2D eigenvalue weighted by molar-refractivity contribution is 7.86. The van der Waals surface area contributed by atoms with Gasteiger partial charge in [-0.1, -0.05) is 0 Å². The van der Waals surface area contributed by atoms with Crippen LogP contribution in [0.4, 0.5) is 0 Å². The molecule has 1 saturated heterocycles. The normalized spacial score (nSPS) is 20.1. The molecule has 0 spiro atoms. The van der Waals surface area contributed by atoms with E-state index in [4.69, 9.17) is 9.88 Å². The van der Waals surface area contributed by atoms with Gasteiger partial charge in [0.25, 0.3) is 10.2 Å². The highest BCUT2D eigenvalue weighted by Crippen LogP contribution is 2.19. The monoisotopic (exact) mass is 236 g/mol. The van der Waals surface area contributed by atoms with E-state index in [1.807, 2.05) is 0 Å². The maximum atomic E-state index is 11.3. The van der Waals surface area contributed by atoms with Gasteiger partial charge < -0.3 is 4.74 Å². The number of carbonyl (C=O) groups excluding carboxylic acids is 1. The third-order valence-corrected chi connectivity index (χ3v) is 3.52. The van der Waals surface area contributed by atoms with Gasteiger partial charge in [0.05, 0.1) is 12.5 Å². The number of esters is 1. The zero-order chi connectivity index (χ0) is 11.5. The molecule has 0 radical (unpaired) electrons. The summed E-state index contributed by atoms with van der Waals surface area (Å²) in [5.74, 6) is -0.436. The van der Waals surface area contributed by atoms with Crippen LogP contribution in [0.25, 0.3) is 0 Å². The molecule has 1 aliphatic heterocycles. The van der Waals surface area contributed by atoms with Gasteiger partial charge in [0, 0.05) is 13.1 Å². The summed E-state index contributed by atoms with van der Waals surface area (Å²) in [6.07, 6.45) is 0.963. The van der Waals surface area contributed by atoms with Gasteiger partial charge in [0.1, 0.15) is 0 Å². The van der Waals surface area contributed by atoms with Crippen molar-refractivity contribution in [2.24, 2.45) is 11.1 Å². The first kappa shape index (κ1) is 12.4.